The van der Waals surface area contributed by atoms with Crippen LogP contribution < -0.4 is 0 Å². The number of Topliss-reactive ketones (excluding diaryl/α,β-unsaturated/α-hetero) is 1. The van der Waals surface area contributed by atoms with Gasteiger partial charge in [-0.2, -0.15) is 0 Å². The van der Waals surface area contributed by atoms with Gasteiger partial charge in [-0.15, -0.1) is 0 Å². The second-order valence-corrected chi connectivity index (χ2v) is 10.9. The minimum absolute atomic E-state index is 0.0350. The molecule has 7 heteroatoms. The quantitative estimate of drug-likeness (QED) is 0.457. The van der Waals surface area contributed by atoms with Gasteiger partial charge in [0.15, 0.2) is 12.4 Å². The van der Waals surface area contributed by atoms with Gasteiger partial charge in [0, 0.05) is 25.4 Å². The van der Waals surface area contributed by atoms with Crippen molar-refractivity contribution in [1.82, 2.24) is 0 Å². The third kappa shape index (κ3) is 3.71. The Hall–Kier alpha value is -1.57. The molecule has 0 heterocycles. The molecule has 1 N–H and O–H groups in total. The van der Waals surface area contributed by atoms with Crippen LogP contribution >= 0.6 is 0 Å². The van der Waals surface area contributed by atoms with Gasteiger partial charge in [0.05, 0.1) is 6.10 Å². The lowest BCUT2D eigenvalue weighted by atomic mass is 9.45. The highest BCUT2D eigenvalue weighted by atomic mass is 16.7. The predicted molar refractivity (Wildman–Crippen MR) is 120 cm³/mol. The Morgan fingerprint density at radius 1 is 1.18 bits per heavy atom. The van der Waals surface area contributed by atoms with Crippen molar-refractivity contribution in [3.05, 3.63) is 11.6 Å². The van der Waals surface area contributed by atoms with Gasteiger partial charge in [-0.3, -0.25) is 14.4 Å². The Labute approximate surface area is 196 Å². The number of allylic oxidation sites excluding steroid dienone is 1. The first-order chi connectivity index (χ1) is 15.6. The Balaban J connectivity index is 1.67. The zero-order valence-electron chi connectivity index (χ0n) is 20.4. The molecular formula is C26H38O7. The van der Waals surface area contributed by atoms with Crippen LogP contribution in [-0.2, 0) is 28.6 Å². The van der Waals surface area contributed by atoms with Gasteiger partial charge < -0.3 is 19.3 Å². The molecule has 0 saturated heterocycles. The summed E-state index contributed by atoms with van der Waals surface area (Å²) in [5, 5.41) is 11.6. The monoisotopic (exact) mass is 462 g/mol. The lowest BCUT2D eigenvalue weighted by Crippen LogP contribution is -2.63. The number of methoxy groups -OCH3 is 1. The van der Waals surface area contributed by atoms with E-state index < -0.39 is 23.1 Å². The molecule has 3 saturated carbocycles. The molecule has 1 unspecified atom stereocenters. The van der Waals surface area contributed by atoms with Crippen LogP contribution in [0.25, 0.3) is 0 Å². The van der Waals surface area contributed by atoms with E-state index in [0.717, 1.165) is 25.7 Å². The van der Waals surface area contributed by atoms with E-state index in [2.05, 4.69) is 13.8 Å². The number of fused-ring (bicyclic) bond motifs is 5. The van der Waals surface area contributed by atoms with Crippen LogP contribution in [0.4, 0.5) is 0 Å². The first-order valence-electron chi connectivity index (χ1n) is 12.4. The highest BCUT2D eigenvalue weighted by molar-refractivity contribution is 5.92. The van der Waals surface area contributed by atoms with Gasteiger partial charge in [0.2, 0.25) is 5.78 Å². The Morgan fingerprint density at radius 2 is 1.94 bits per heavy atom. The molecule has 4 aliphatic rings. The second kappa shape index (κ2) is 8.90. The average molecular weight is 463 g/mol. The molecule has 184 valence electrons. The van der Waals surface area contributed by atoms with Crippen LogP contribution in [0.3, 0.4) is 0 Å². The van der Waals surface area contributed by atoms with E-state index in [-0.39, 0.29) is 54.6 Å². The summed E-state index contributed by atoms with van der Waals surface area (Å²) in [6.07, 6.45) is 6.26. The second-order valence-electron chi connectivity index (χ2n) is 10.9. The highest BCUT2D eigenvalue weighted by Crippen LogP contribution is 2.68. The molecule has 4 rings (SSSR count). The molecule has 0 aromatic carbocycles. The molecule has 0 aromatic heterocycles. The van der Waals surface area contributed by atoms with E-state index in [9.17, 15) is 19.5 Å². The predicted octanol–water partition coefficient (Wildman–Crippen LogP) is 3.37. The van der Waals surface area contributed by atoms with Crippen LogP contribution in [0.15, 0.2) is 11.6 Å². The van der Waals surface area contributed by atoms with E-state index in [4.69, 9.17) is 14.2 Å². The average Bonchev–Trinajstić information content (AvgIpc) is 3.08. The first-order valence-corrected chi connectivity index (χ1v) is 12.4. The van der Waals surface area contributed by atoms with Crippen LogP contribution in [0.5, 0.6) is 0 Å². The molecule has 0 aromatic rings. The molecule has 0 amide bonds. The Bertz CT molecular complexity index is 850. The topological polar surface area (TPSA) is 99.1 Å². The van der Waals surface area contributed by atoms with Crippen molar-refractivity contribution in [2.75, 3.05) is 20.5 Å². The van der Waals surface area contributed by atoms with Gasteiger partial charge in [0.25, 0.3) is 0 Å². The number of ketones is 2. The Kier molecular flexibility index (Phi) is 6.62. The van der Waals surface area contributed by atoms with Crippen LogP contribution in [0, 0.1) is 28.6 Å². The van der Waals surface area contributed by atoms with Gasteiger partial charge in [-0.1, -0.05) is 26.3 Å². The van der Waals surface area contributed by atoms with Gasteiger partial charge in [-0.05, 0) is 67.8 Å². The van der Waals surface area contributed by atoms with Crippen molar-refractivity contribution in [3.63, 3.8) is 0 Å². The maximum atomic E-state index is 13.6. The summed E-state index contributed by atoms with van der Waals surface area (Å²) in [5.74, 6) is 0.0340. The summed E-state index contributed by atoms with van der Waals surface area (Å²) in [5.41, 5.74) is -0.751. The number of aliphatic hydroxyl groups is 1. The molecule has 7 atom stereocenters. The summed E-state index contributed by atoms with van der Waals surface area (Å²) in [6.45, 7) is 5.62. The standard InChI is InChI=1S/C26H38O7/c1-5-22(30)32-14-21(29)26(33-15-31-4)11-9-19-18-7-6-16-12-17(27)8-10-24(16,2)23(18)20(28)13-25(19,26)3/h12,18-20,23,28H,5-11,13-15H2,1-4H3/t18-,19-,20?,23+,24-,25-,26-/m0/s1. The molecule has 4 aliphatic carbocycles. The number of hydrogen-bond acceptors (Lipinski definition) is 7. The van der Waals surface area contributed by atoms with E-state index in [1.165, 1.54) is 12.7 Å². The first kappa shape index (κ1) is 24.6. The number of carbonyl (C=O) groups is 3. The van der Waals surface area contributed by atoms with Crippen molar-refractivity contribution in [2.45, 2.75) is 83.8 Å². The number of hydrogen-bond donors (Lipinski definition) is 1. The van der Waals surface area contributed by atoms with Crippen LogP contribution in [-0.4, -0.2) is 54.9 Å². The van der Waals surface area contributed by atoms with Gasteiger partial charge in [0.1, 0.15) is 12.4 Å². The lowest BCUT2D eigenvalue weighted by Gasteiger charge is -2.61. The molecule has 0 radical (unpaired) electrons. The van der Waals surface area contributed by atoms with Gasteiger partial charge >= 0.3 is 5.97 Å². The number of ether oxygens (including phenoxy) is 3. The number of carbonyl (C=O) groups excluding carboxylic acids is 3. The third-order valence-electron chi connectivity index (χ3n) is 9.54. The fourth-order valence-corrected chi connectivity index (χ4v) is 7.98. The molecule has 7 nitrogen and oxygen atoms in total. The number of aliphatic hydroxyl groups excluding tert-OH is 1. The van der Waals surface area contributed by atoms with Crippen molar-refractivity contribution in [2.24, 2.45) is 28.6 Å². The smallest absolute Gasteiger partial charge is 0.305 e. The maximum absolute atomic E-state index is 13.6. The highest BCUT2D eigenvalue weighted by Gasteiger charge is 2.69. The number of rotatable bonds is 7. The fraction of sp³-hybridized carbons (Fsp3) is 0.808. The summed E-state index contributed by atoms with van der Waals surface area (Å²) < 4.78 is 16.6. The zero-order chi connectivity index (χ0) is 24.0. The number of esters is 1. The van der Waals surface area contributed by atoms with Crippen molar-refractivity contribution >= 4 is 17.5 Å². The third-order valence-corrected chi connectivity index (χ3v) is 9.54. The molecular weight excluding hydrogens is 424 g/mol. The van der Waals surface area contributed by atoms with Crippen molar-refractivity contribution in [3.8, 4) is 0 Å². The summed E-state index contributed by atoms with van der Waals surface area (Å²) in [7, 11) is 1.52. The van der Waals surface area contributed by atoms with E-state index in [0.29, 0.717) is 19.3 Å². The van der Waals surface area contributed by atoms with Gasteiger partial charge in [-0.25, -0.2) is 0 Å². The van der Waals surface area contributed by atoms with Crippen LogP contribution in [0.1, 0.15) is 72.1 Å². The van der Waals surface area contributed by atoms with Crippen LogP contribution in [0.2, 0.25) is 0 Å². The molecule has 3 fully saturated rings. The summed E-state index contributed by atoms with van der Waals surface area (Å²) >= 11 is 0. The Morgan fingerprint density at radius 3 is 2.64 bits per heavy atom. The minimum Gasteiger partial charge on any atom is -0.458 e. The fourth-order valence-electron chi connectivity index (χ4n) is 7.98. The zero-order valence-corrected chi connectivity index (χ0v) is 20.4. The lowest BCUT2D eigenvalue weighted by molar-refractivity contribution is -0.217. The van der Waals surface area contributed by atoms with Crippen molar-refractivity contribution < 1.29 is 33.7 Å². The molecule has 0 spiro atoms. The SMILES string of the molecule is CCC(=O)OCC(=O)[C@@]1(OCOC)CC[C@H]2[C@@H]3CCC4=CC(=O)CC[C@]4(C)[C@H]3C(O)C[C@@]21C. The summed E-state index contributed by atoms with van der Waals surface area (Å²) in [6, 6.07) is 0. The molecule has 33 heavy (non-hydrogen) atoms. The molecule has 0 aliphatic heterocycles. The maximum Gasteiger partial charge on any atom is 0.305 e. The summed E-state index contributed by atoms with van der Waals surface area (Å²) in [4.78, 5) is 37.4. The van der Waals surface area contributed by atoms with E-state index >= 15 is 0 Å². The minimum atomic E-state index is -1.16. The van der Waals surface area contributed by atoms with E-state index in [1.54, 1.807) is 6.92 Å². The molecule has 0 bridgehead atoms. The van der Waals surface area contributed by atoms with E-state index in [1.807, 2.05) is 6.08 Å². The largest absolute Gasteiger partial charge is 0.458 e. The van der Waals surface area contributed by atoms with Crippen molar-refractivity contribution in [1.29, 1.82) is 0 Å². The normalized spacial score (nSPS) is 42.1.